The van der Waals surface area contributed by atoms with E-state index in [2.05, 4.69) is 28.6 Å². The average molecular weight is 236 g/mol. The molecule has 0 radical (unpaired) electrons. The summed E-state index contributed by atoms with van der Waals surface area (Å²) in [4.78, 5) is 4.63. The first kappa shape index (κ1) is 11.5. The van der Waals surface area contributed by atoms with Gasteiger partial charge in [-0.3, -0.25) is 0 Å². The number of imidazole rings is 1. The van der Waals surface area contributed by atoms with Crippen molar-refractivity contribution in [2.45, 2.75) is 18.6 Å². The number of hydrogen-bond donors (Lipinski definition) is 0. The Bertz CT molecular complexity index is 467. The van der Waals surface area contributed by atoms with Crippen LogP contribution >= 0.6 is 11.8 Å². The summed E-state index contributed by atoms with van der Waals surface area (Å²) in [6.07, 6.45) is 0. The number of thioether (sulfide) groups is 1. The lowest BCUT2D eigenvalue weighted by Crippen LogP contribution is -2.05. The average Bonchev–Trinajstić information content (AvgIpc) is 2.65. The predicted octanol–water partition coefficient (Wildman–Crippen LogP) is 2.79. The monoisotopic (exact) mass is 236 g/mol. The Morgan fingerprint density at radius 1 is 1.38 bits per heavy atom. The number of fused-ring (bicyclic) bond motifs is 1. The van der Waals surface area contributed by atoms with Gasteiger partial charge in [-0.15, -0.1) is 0 Å². The first-order valence-electron chi connectivity index (χ1n) is 5.43. The quantitative estimate of drug-likeness (QED) is 0.747. The van der Waals surface area contributed by atoms with Gasteiger partial charge in [0, 0.05) is 13.7 Å². The molecule has 0 aliphatic rings. The fourth-order valence-electron chi connectivity index (χ4n) is 1.69. The molecule has 0 saturated carbocycles. The fourth-order valence-corrected chi connectivity index (χ4v) is 2.46. The minimum absolute atomic E-state index is 0.720. The van der Waals surface area contributed by atoms with E-state index in [1.807, 2.05) is 12.1 Å². The van der Waals surface area contributed by atoms with Crippen molar-refractivity contribution in [2.24, 2.45) is 0 Å². The van der Waals surface area contributed by atoms with E-state index >= 15 is 0 Å². The van der Waals surface area contributed by atoms with Gasteiger partial charge in [0.1, 0.15) is 0 Å². The number of aromatic nitrogens is 2. The Kier molecular flexibility index (Phi) is 3.85. The molecular formula is C12H16N2OS. The van der Waals surface area contributed by atoms with Crippen molar-refractivity contribution in [2.75, 3.05) is 19.5 Å². The van der Waals surface area contributed by atoms with Crippen LogP contribution in [0, 0.1) is 0 Å². The summed E-state index contributed by atoms with van der Waals surface area (Å²) in [6.45, 7) is 3.72. The van der Waals surface area contributed by atoms with Crippen molar-refractivity contribution in [1.82, 2.24) is 9.55 Å². The number of methoxy groups -OCH3 is 1. The largest absolute Gasteiger partial charge is 0.383 e. The zero-order chi connectivity index (χ0) is 11.4. The Labute approximate surface area is 99.8 Å². The van der Waals surface area contributed by atoms with Gasteiger partial charge in [-0.25, -0.2) is 4.98 Å². The molecule has 1 aromatic carbocycles. The number of nitrogens with zero attached hydrogens (tertiary/aromatic N) is 2. The summed E-state index contributed by atoms with van der Waals surface area (Å²) in [5, 5.41) is 1.08. The maximum absolute atomic E-state index is 5.14. The molecule has 4 heteroatoms. The number of benzene rings is 1. The molecule has 0 spiro atoms. The first-order valence-corrected chi connectivity index (χ1v) is 6.42. The van der Waals surface area contributed by atoms with Gasteiger partial charge in [0.05, 0.1) is 17.6 Å². The normalized spacial score (nSPS) is 11.1. The first-order chi connectivity index (χ1) is 7.86. The zero-order valence-electron chi connectivity index (χ0n) is 9.64. The number of para-hydroxylation sites is 2. The van der Waals surface area contributed by atoms with E-state index in [4.69, 9.17) is 4.74 Å². The van der Waals surface area contributed by atoms with Gasteiger partial charge in [-0.2, -0.15) is 0 Å². The SMILES string of the molecule is CCSc1nc2ccccc2n1CCOC. The van der Waals surface area contributed by atoms with Gasteiger partial charge in [0.2, 0.25) is 0 Å². The molecule has 86 valence electrons. The Hall–Kier alpha value is -1.00. The van der Waals surface area contributed by atoms with E-state index in [1.54, 1.807) is 18.9 Å². The van der Waals surface area contributed by atoms with Crippen molar-refractivity contribution < 1.29 is 4.74 Å². The minimum Gasteiger partial charge on any atom is -0.383 e. The molecular weight excluding hydrogens is 220 g/mol. The standard InChI is InChI=1S/C12H16N2OS/c1-3-16-12-13-10-6-4-5-7-11(10)14(12)8-9-15-2/h4-7H,3,8-9H2,1-2H3. The molecule has 0 unspecified atom stereocenters. The predicted molar refractivity (Wildman–Crippen MR) is 68.0 cm³/mol. The summed E-state index contributed by atoms with van der Waals surface area (Å²) in [7, 11) is 1.73. The fraction of sp³-hybridized carbons (Fsp3) is 0.417. The summed E-state index contributed by atoms with van der Waals surface area (Å²) in [5.74, 6) is 1.04. The van der Waals surface area contributed by atoms with Crippen LogP contribution in [0.4, 0.5) is 0 Å². The minimum atomic E-state index is 0.720. The summed E-state index contributed by atoms with van der Waals surface area (Å²) in [6, 6.07) is 8.24. The van der Waals surface area contributed by atoms with E-state index in [0.29, 0.717) is 0 Å². The lowest BCUT2D eigenvalue weighted by Gasteiger charge is -2.06. The van der Waals surface area contributed by atoms with Crippen LogP contribution in [0.2, 0.25) is 0 Å². The van der Waals surface area contributed by atoms with Gasteiger partial charge in [0.15, 0.2) is 5.16 Å². The lowest BCUT2D eigenvalue weighted by atomic mass is 10.3. The highest BCUT2D eigenvalue weighted by molar-refractivity contribution is 7.99. The highest BCUT2D eigenvalue weighted by Gasteiger charge is 2.09. The van der Waals surface area contributed by atoms with Gasteiger partial charge < -0.3 is 9.30 Å². The third-order valence-corrected chi connectivity index (χ3v) is 3.27. The highest BCUT2D eigenvalue weighted by atomic mass is 32.2. The van der Waals surface area contributed by atoms with Crippen LogP contribution in [0.15, 0.2) is 29.4 Å². The third-order valence-electron chi connectivity index (χ3n) is 2.41. The van der Waals surface area contributed by atoms with E-state index in [0.717, 1.165) is 29.6 Å². The molecule has 0 fully saturated rings. The molecule has 0 aliphatic heterocycles. The lowest BCUT2D eigenvalue weighted by molar-refractivity contribution is 0.186. The molecule has 0 N–H and O–H groups in total. The second-order valence-corrected chi connectivity index (χ2v) is 4.69. The summed E-state index contributed by atoms with van der Waals surface area (Å²) >= 11 is 1.77. The molecule has 0 amide bonds. The summed E-state index contributed by atoms with van der Waals surface area (Å²) in [5.41, 5.74) is 2.25. The van der Waals surface area contributed by atoms with Gasteiger partial charge in [-0.1, -0.05) is 30.8 Å². The Balaban J connectivity index is 2.42. The molecule has 0 saturated heterocycles. The van der Waals surface area contributed by atoms with Gasteiger partial charge in [-0.05, 0) is 17.9 Å². The highest BCUT2D eigenvalue weighted by Crippen LogP contribution is 2.23. The van der Waals surface area contributed by atoms with Crippen molar-refractivity contribution in [3.8, 4) is 0 Å². The van der Waals surface area contributed by atoms with Crippen LogP contribution in [0.3, 0.4) is 0 Å². The van der Waals surface area contributed by atoms with Crippen molar-refractivity contribution >= 4 is 22.8 Å². The maximum Gasteiger partial charge on any atom is 0.169 e. The zero-order valence-corrected chi connectivity index (χ0v) is 10.5. The van der Waals surface area contributed by atoms with Crippen LogP contribution in [0.25, 0.3) is 11.0 Å². The van der Waals surface area contributed by atoms with Crippen molar-refractivity contribution in [1.29, 1.82) is 0 Å². The van der Waals surface area contributed by atoms with Crippen LogP contribution in [-0.2, 0) is 11.3 Å². The topological polar surface area (TPSA) is 27.1 Å². The number of hydrogen-bond acceptors (Lipinski definition) is 3. The smallest absolute Gasteiger partial charge is 0.169 e. The van der Waals surface area contributed by atoms with E-state index < -0.39 is 0 Å². The van der Waals surface area contributed by atoms with E-state index in [1.165, 1.54) is 5.52 Å². The van der Waals surface area contributed by atoms with Gasteiger partial charge in [0.25, 0.3) is 0 Å². The second kappa shape index (κ2) is 5.37. The summed E-state index contributed by atoms with van der Waals surface area (Å²) < 4.78 is 7.37. The Morgan fingerprint density at radius 3 is 2.94 bits per heavy atom. The van der Waals surface area contributed by atoms with Gasteiger partial charge >= 0.3 is 0 Å². The van der Waals surface area contributed by atoms with Crippen molar-refractivity contribution in [3.63, 3.8) is 0 Å². The number of rotatable bonds is 5. The number of ether oxygens (including phenoxy) is 1. The molecule has 1 heterocycles. The second-order valence-electron chi connectivity index (χ2n) is 3.46. The Morgan fingerprint density at radius 2 is 2.19 bits per heavy atom. The molecule has 1 aromatic heterocycles. The third kappa shape index (κ3) is 2.23. The molecule has 0 aliphatic carbocycles. The molecule has 0 bridgehead atoms. The molecule has 3 nitrogen and oxygen atoms in total. The maximum atomic E-state index is 5.14. The van der Waals surface area contributed by atoms with E-state index in [9.17, 15) is 0 Å². The van der Waals surface area contributed by atoms with Crippen molar-refractivity contribution in [3.05, 3.63) is 24.3 Å². The molecule has 16 heavy (non-hydrogen) atoms. The molecule has 0 atom stereocenters. The van der Waals surface area contributed by atoms with E-state index in [-0.39, 0.29) is 0 Å². The van der Waals surface area contributed by atoms with Crippen LogP contribution < -0.4 is 0 Å². The van der Waals surface area contributed by atoms with Crippen LogP contribution in [0.5, 0.6) is 0 Å². The van der Waals surface area contributed by atoms with Crippen LogP contribution in [-0.4, -0.2) is 29.0 Å². The van der Waals surface area contributed by atoms with Crippen LogP contribution in [0.1, 0.15) is 6.92 Å². The molecule has 2 rings (SSSR count). The molecule has 2 aromatic rings.